The predicted molar refractivity (Wildman–Crippen MR) is 79.5 cm³/mol. The highest BCUT2D eigenvalue weighted by atomic mass is 16.5. The summed E-state index contributed by atoms with van der Waals surface area (Å²) in [6, 6.07) is 7.78. The van der Waals surface area contributed by atoms with E-state index in [9.17, 15) is 4.79 Å². The minimum Gasteiger partial charge on any atom is -0.497 e. The van der Waals surface area contributed by atoms with E-state index in [4.69, 9.17) is 4.74 Å². The summed E-state index contributed by atoms with van der Waals surface area (Å²) >= 11 is 0. The second-order valence-electron chi connectivity index (χ2n) is 5.57. The molecule has 1 aliphatic heterocycles. The molecule has 1 heterocycles. The van der Waals surface area contributed by atoms with Crippen LogP contribution in [0, 0.1) is 5.92 Å². The molecule has 20 heavy (non-hydrogen) atoms. The van der Waals surface area contributed by atoms with Gasteiger partial charge in [0.15, 0.2) is 0 Å². The lowest BCUT2D eigenvalue weighted by molar-refractivity contribution is -0.130. The van der Waals surface area contributed by atoms with Gasteiger partial charge in [0.05, 0.1) is 13.2 Å². The van der Waals surface area contributed by atoms with Crippen LogP contribution in [-0.2, 0) is 4.79 Å². The number of hydrogen-bond donors (Lipinski definition) is 1. The van der Waals surface area contributed by atoms with Gasteiger partial charge in [-0.1, -0.05) is 32.4 Å². The fraction of sp³-hybridized carbons (Fsp3) is 0.562. The smallest absolute Gasteiger partial charge is 0.241 e. The van der Waals surface area contributed by atoms with E-state index >= 15 is 0 Å². The molecule has 1 fully saturated rings. The minimum atomic E-state index is -0.129. The third kappa shape index (κ3) is 2.96. The minimum absolute atomic E-state index is 0.0541. The van der Waals surface area contributed by atoms with E-state index in [1.54, 1.807) is 7.11 Å². The van der Waals surface area contributed by atoms with Crippen molar-refractivity contribution in [1.29, 1.82) is 0 Å². The van der Waals surface area contributed by atoms with Crippen molar-refractivity contribution in [3.05, 3.63) is 29.8 Å². The summed E-state index contributed by atoms with van der Waals surface area (Å²) in [5, 5.41) is 3.37. The van der Waals surface area contributed by atoms with Gasteiger partial charge in [-0.25, -0.2) is 0 Å². The molecule has 0 spiro atoms. The Morgan fingerprint density at radius 1 is 1.45 bits per heavy atom. The summed E-state index contributed by atoms with van der Waals surface area (Å²) in [4.78, 5) is 14.3. The third-order valence-corrected chi connectivity index (χ3v) is 3.99. The van der Waals surface area contributed by atoms with Crippen LogP contribution in [0.15, 0.2) is 24.3 Å². The molecule has 0 aliphatic carbocycles. The molecule has 1 aromatic carbocycles. The number of ether oxygens (including phenoxy) is 1. The Morgan fingerprint density at radius 2 is 2.20 bits per heavy atom. The maximum absolute atomic E-state index is 12.3. The van der Waals surface area contributed by atoms with Gasteiger partial charge in [-0.2, -0.15) is 0 Å². The van der Waals surface area contributed by atoms with Crippen LogP contribution in [-0.4, -0.2) is 30.5 Å². The first-order valence-electron chi connectivity index (χ1n) is 7.27. The first-order chi connectivity index (χ1) is 9.56. The molecule has 1 aliphatic rings. The van der Waals surface area contributed by atoms with Crippen LogP contribution in [0.2, 0.25) is 0 Å². The lowest BCUT2D eigenvalue weighted by Crippen LogP contribution is -2.34. The Balaban J connectivity index is 2.25. The fourth-order valence-electron chi connectivity index (χ4n) is 2.52. The van der Waals surface area contributed by atoms with E-state index in [0.29, 0.717) is 5.92 Å². The Morgan fingerprint density at radius 3 is 2.85 bits per heavy atom. The average molecular weight is 276 g/mol. The van der Waals surface area contributed by atoms with Gasteiger partial charge in [0.1, 0.15) is 11.9 Å². The van der Waals surface area contributed by atoms with Crippen LogP contribution < -0.4 is 10.1 Å². The molecule has 1 amide bonds. The van der Waals surface area contributed by atoms with Gasteiger partial charge < -0.3 is 9.64 Å². The second-order valence-corrected chi connectivity index (χ2v) is 5.57. The highest BCUT2D eigenvalue weighted by molar-refractivity contribution is 5.84. The predicted octanol–water partition coefficient (Wildman–Crippen LogP) is 2.56. The van der Waals surface area contributed by atoms with Gasteiger partial charge >= 0.3 is 0 Å². The zero-order chi connectivity index (χ0) is 14.7. The number of methoxy groups -OCH3 is 1. The fourth-order valence-corrected chi connectivity index (χ4v) is 2.52. The first kappa shape index (κ1) is 14.9. The standard InChI is InChI=1S/C16H24N2O2/c1-5-11(2)10-18-15(17-12(3)16(18)19)13-7-6-8-14(9-13)20-4/h6-9,11-12,15,17H,5,10H2,1-4H3. The molecule has 3 atom stereocenters. The number of nitrogens with one attached hydrogen (secondary N) is 1. The zero-order valence-corrected chi connectivity index (χ0v) is 12.7. The summed E-state index contributed by atoms with van der Waals surface area (Å²) < 4.78 is 5.27. The van der Waals surface area contributed by atoms with Gasteiger partial charge in [0.25, 0.3) is 0 Å². The maximum atomic E-state index is 12.3. The molecule has 0 radical (unpaired) electrons. The van der Waals surface area contributed by atoms with Gasteiger partial charge in [0, 0.05) is 6.54 Å². The van der Waals surface area contributed by atoms with Crippen molar-refractivity contribution in [2.45, 2.75) is 39.4 Å². The molecule has 4 nitrogen and oxygen atoms in total. The van der Waals surface area contributed by atoms with E-state index in [-0.39, 0.29) is 18.1 Å². The van der Waals surface area contributed by atoms with Crippen LogP contribution in [0.1, 0.15) is 38.9 Å². The van der Waals surface area contributed by atoms with Crippen LogP contribution in [0.4, 0.5) is 0 Å². The monoisotopic (exact) mass is 276 g/mol. The number of amides is 1. The quantitative estimate of drug-likeness (QED) is 0.898. The molecular weight excluding hydrogens is 252 g/mol. The van der Waals surface area contributed by atoms with Gasteiger partial charge in [0.2, 0.25) is 5.91 Å². The maximum Gasteiger partial charge on any atom is 0.241 e. The number of carbonyl (C=O) groups is 1. The van der Waals surface area contributed by atoms with Gasteiger partial charge in [-0.05, 0) is 30.5 Å². The molecule has 1 saturated heterocycles. The Kier molecular flexibility index (Phi) is 4.65. The van der Waals surface area contributed by atoms with Crippen LogP contribution in [0.5, 0.6) is 5.75 Å². The summed E-state index contributed by atoms with van der Waals surface area (Å²) in [5.41, 5.74) is 1.07. The number of nitrogens with zero attached hydrogens (tertiary/aromatic N) is 1. The molecule has 1 aromatic rings. The van der Waals surface area contributed by atoms with Crippen molar-refractivity contribution in [1.82, 2.24) is 10.2 Å². The molecule has 4 heteroatoms. The van der Waals surface area contributed by atoms with Crippen molar-refractivity contribution >= 4 is 5.91 Å². The molecule has 3 unspecified atom stereocenters. The third-order valence-electron chi connectivity index (χ3n) is 3.99. The van der Waals surface area contributed by atoms with E-state index in [1.165, 1.54) is 0 Å². The molecule has 1 N–H and O–H groups in total. The van der Waals surface area contributed by atoms with Crippen molar-refractivity contribution in [3.63, 3.8) is 0 Å². The topological polar surface area (TPSA) is 41.6 Å². The summed E-state index contributed by atoms with van der Waals surface area (Å²) in [7, 11) is 1.66. The van der Waals surface area contributed by atoms with Crippen molar-refractivity contribution < 1.29 is 9.53 Å². The number of hydrogen-bond acceptors (Lipinski definition) is 3. The van der Waals surface area contributed by atoms with E-state index < -0.39 is 0 Å². The lowest BCUT2D eigenvalue weighted by Gasteiger charge is -2.27. The van der Waals surface area contributed by atoms with Crippen LogP contribution in [0.3, 0.4) is 0 Å². The zero-order valence-electron chi connectivity index (χ0n) is 12.7. The van der Waals surface area contributed by atoms with Crippen LogP contribution in [0.25, 0.3) is 0 Å². The van der Waals surface area contributed by atoms with E-state index in [1.807, 2.05) is 36.1 Å². The van der Waals surface area contributed by atoms with Crippen molar-refractivity contribution in [2.75, 3.05) is 13.7 Å². The number of rotatable bonds is 5. The SMILES string of the molecule is CCC(C)CN1C(=O)C(C)NC1c1cccc(OC)c1. The van der Waals surface area contributed by atoms with E-state index in [2.05, 4.69) is 19.2 Å². The highest BCUT2D eigenvalue weighted by Crippen LogP contribution is 2.28. The Labute approximate surface area is 121 Å². The first-order valence-corrected chi connectivity index (χ1v) is 7.27. The summed E-state index contributed by atoms with van der Waals surface area (Å²) in [5.74, 6) is 1.50. The lowest BCUT2D eigenvalue weighted by atomic mass is 10.1. The van der Waals surface area contributed by atoms with Crippen molar-refractivity contribution in [2.24, 2.45) is 5.92 Å². The Bertz CT molecular complexity index is 475. The highest BCUT2D eigenvalue weighted by Gasteiger charge is 2.37. The average Bonchev–Trinajstić information content (AvgIpc) is 2.75. The Hall–Kier alpha value is -1.55. The normalized spacial score (nSPS) is 24.0. The van der Waals surface area contributed by atoms with Crippen LogP contribution >= 0.6 is 0 Å². The number of carbonyl (C=O) groups excluding carboxylic acids is 1. The molecule has 2 rings (SSSR count). The summed E-state index contributed by atoms with van der Waals surface area (Å²) in [6.45, 7) is 7.04. The molecule has 110 valence electrons. The molecule has 0 aromatic heterocycles. The molecule has 0 saturated carbocycles. The number of benzene rings is 1. The second kappa shape index (κ2) is 6.27. The van der Waals surface area contributed by atoms with Gasteiger partial charge in [-0.3, -0.25) is 10.1 Å². The van der Waals surface area contributed by atoms with E-state index in [0.717, 1.165) is 24.3 Å². The molecular formula is C16H24N2O2. The van der Waals surface area contributed by atoms with Crippen molar-refractivity contribution in [3.8, 4) is 5.75 Å². The largest absolute Gasteiger partial charge is 0.497 e. The van der Waals surface area contributed by atoms with Gasteiger partial charge in [-0.15, -0.1) is 0 Å². The molecule has 0 bridgehead atoms. The summed E-state index contributed by atoms with van der Waals surface area (Å²) in [6.07, 6.45) is 1.02.